The summed E-state index contributed by atoms with van der Waals surface area (Å²) < 4.78 is 8.10. The number of nitrogens with zero attached hydrogens (tertiary/aromatic N) is 3. The molecule has 98 valence electrons. The van der Waals surface area contributed by atoms with Crippen LogP contribution in [-0.4, -0.2) is 22.0 Å². The van der Waals surface area contributed by atoms with Crippen molar-refractivity contribution in [3.8, 4) is 0 Å². The lowest BCUT2D eigenvalue weighted by atomic mass is 10.0. The zero-order valence-corrected chi connectivity index (χ0v) is 12.2. The number of nitrogens with one attached hydrogen (secondary N) is 1. The quantitative estimate of drug-likeness (QED) is 0.806. The summed E-state index contributed by atoms with van der Waals surface area (Å²) in [5, 5.41) is 12.4. The average Bonchev–Trinajstić information content (AvgIpc) is 2.98. The average molecular weight is 321 g/mol. The van der Waals surface area contributed by atoms with Gasteiger partial charge in [0.15, 0.2) is 4.60 Å². The van der Waals surface area contributed by atoms with Gasteiger partial charge in [-0.3, -0.25) is 0 Å². The van der Waals surface area contributed by atoms with Gasteiger partial charge in [-0.25, -0.2) is 4.68 Å². The van der Waals surface area contributed by atoms with Crippen molar-refractivity contribution in [3.05, 3.63) is 46.4 Å². The van der Waals surface area contributed by atoms with Crippen molar-refractivity contribution in [2.45, 2.75) is 6.04 Å². The molecule has 0 radical (unpaired) electrons. The lowest BCUT2D eigenvalue weighted by molar-refractivity contribution is 0.573. The van der Waals surface area contributed by atoms with Crippen LogP contribution in [0.3, 0.4) is 0 Å². The number of aromatic nitrogens is 3. The summed E-state index contributed by atoms with van der Waals surface area (Å²) in [4.78, 5) is 0. The van der Waals surface area contributed by atoms with Crippen molar-refractivity contribution < 1.29 is 4.42 Å². The van der Waals surface area contributed by atoms with E-state index in [-0.39, 0.29) is 6.04 Å². The van der Waals surface area contributed by atoms with Crippen LogP contribution in [0.2, 0.25) is 0 Å². The minimum atomic E-state index is -0.0296. The monoisotopic (exact) mass is 320 g/mol. The van der Waals surface area contributed by atoms with E-state index in [1.807, 2.05) is 32.3 Å². The van der Waals surface area contributed by atoms with Crippen LogP contribution >= 0.6 is 15.9 Å². The van der Waals surface area contributed by atoms with Gasteiger partial charge in [-0.15, -0.1) is 5.10 Å². The SMILES string of the molecule is CNC(c1coc2ccccc12)c1c(Br)nnn1C. The van der Waals surface area contributed by atoms with Crippen molar-refractivity contribution in [2.24, 2.45) is 7.05 Å². The van der Waals surface area contributed by atoms with Crippen LogP contribution < -0.4 is 5.32 Å². The Hall–Kier alpha value is -1.66. The minimum absolute atomic E-state index is 0.0296. The van der Waals surface area contributed by atoms with E-state index in [2.05, 4.69) is 37.6 Å². The first-order chi connectivity index (χ1) is 9.22. The molecule has 3 rings (SSSR count). The fourth-order valence-electron chi connectivity index (χ4n) is 2.31. The third kappa shape index (κ3) is 1.97. The summed E-state index contributed by atoms with van der Waals surface area (Å²) >= 11 is 3.44. The molecule has 1 atom stereocenters. The van der Waals surface area contributed by atoms with Crippen LogP contribution in [-0.2, 0) is 7.05 Å². The highest BCUT2D eigenvalue weighted by molar-refractivity contribution is 9.10. The Bertz CT molecular complexity index is 699. The fraction of sp³-hybridized carbons (Fsp3) is 0.231. The van der Waals surface area contributed by atoms with Crippen molar-refractivity contribution >= 4 is 26.9 Å². The number of hydrogen-bond acceptors (Lipinski definition) is 4. The van der Waals surface area contributed by atoms with Crippen LogP contribution in [0.15, 0.2) is 39.5 Å². The molecule has 0 amide bonds. The van der Waals surface area contributed by atoms with Crippen LogP contribution in [0.25, 0.3) is 11.0 Å². The molecule has 0 aliphatic rings. The molecule has 0 bridgehead atoms. The minimum Gasteiger partial charge on any atom is -0.464 e. The number of para-hydroxylation sites is 1. The van der Waals surface area contributed by atoms with Gasteiger partial charge in [0.1, 0.15) is 5.58 Å². The lowest BCUT2D eigenvalue weighted by Gasteiger charge is -2.15. The summed E-state index contributed by atoms with van der Waals surface area (Å²) in [6.07, 6.45) is 1.78. The van der Waals surface area contributed by atoms with Crippen molar-refractivity contribution in [1.82, 2.24) is 20.3 Å². The van der Waals surface area contributed by atoms with Crippen molar-refractivity contribution in [2.75, 3.05) is 7.05 Å². The standard InChI is InChI=1S/C13H13BrN4O/c1-15-11(12-13(14)16-17-18(12)2)9-7-19-10-6-4-3-5-8(9)10/h3-7,11,15H,1-2H3. The predicted octanol–water partition coefficient (Wildman–Crippen LogP) is 2.63. The Labute approximate surface area is 118 Å². The Morgan fingerprint density at radius 1 is 1.37 bits per heavy atom. The predicted molar refractivity (Wildman–Crippen MR) is 75.8 cm³/mol. The second-order valence-corrected chi connectivity index (χ2v) is 5.05. The number of hydrogen-bond donors (Lipinski definition) is 1. The maximum absolute atomic E-state index is 5.60. The molecule has 5 nitrogen and oxygen atoms in total. The Balaban J connectivity index is 2.18. The van der Waals surface area contributed by atoms with E-state index in [1.54, 1.807) is 10.9 Å². The highest BCUT2D eigenvalue weighted by atomic mass is 79.9. The first-order valence-corrected chi connectivity index (χ1v) is 6.70. The number of fused-ring (bicyclic) bond motifs is 1. The molecule has 1 aromatic carbocycles. The summed E-state index contributed by atoms with van der Waals surface area (Å²) in [7, 11) is 3.78. The van der Waals surface area contributed by atoms with E-state index in [9.17, 15) is 0 Å². The summed E-state index contributed by atoms with van der Waals surface area (Å²) in [6, 6.07) is 7.95. The van der Waals surface area contributed by atoms with Gasteiger partial charge in [0, 0.05) is 18.0 Å². The molecule has 3 aromatic rings. The fourth-order valence-corrected chi connectivity index (χ4v) is 2.86. The maximum Gasteiger partial charge on any atom is 0.153 e. The van der Waals surface area contributed by atoms with Gasteiger partial charge in [-0.05, 0) is 29.0 Å². The van der Waals surface area contributed by atoms with E-state index >= 15 is 0 Å². The molecule has 0 fully saturated rings. The highest BCUT2D eigenvalue weighted by Gasteiger charge is 2.23. The second kappa shape index (κ2) is 4.79. The van der Waals surface area contributed by atoms with Gasteiger partial charge in [0.25, 0.3) is 0 Å². The first kappa shape index (κ1) is 12.4. The van der Waals surface area contributed by atoms with Crippen molar-refractivity contribution in [1.29, 1.82) is 0 Å². The first-order valence-electron chi connectivity index (χ1n) is 5.91. The third-order valence-electron chi connectivity index (χ3n) is 3.21. The van der Waals surface area contributed by atoms with Gasteiger partial charge >= 0.3 is 0 Å². The van der Waals surface area contributed by atoms with Gasteiger partial charge in [-0.2, -0.15) is 0 Å². The maximum atomic E-state index is 5.60. The normalized spacial score (nSPS) is 13.0. The Morgan fingerprint density at radius 2 is 2.16 bits per heavy atom. The smallest absolute Gasteiger partial charge is 0.153 e. The molecular formula is C13H13BrN4O. The van der Waals surface area contributed by atoms with E-state index in [1.165, 1.54) is 0 Å². The van der Waals surface area contributed by atoms with Crippen LogP contribution in [0, 0.1) is 0 Å². The second-order valence-electron chi connectivity index (χ2n) is 4.30. The number of benzene rings is 1. The van der Waals surface area contributed by atoms with Gasteiger partial charge in [0.05, 0.1) is 18.0 Å². The number of furan rings is 1. The van der Waals surface area contributed by atoms with Gasteiger partial charge in [-0.1, -0.05) is 23.4 Å². The van der Waals surface area contributed by atoms with Crippen molar-refractivity contribution in [3.63, 3.8) is 0 Å². The molecule has 2 aromatic heterocycles. The molecule has 0 saturated carbocycles. The van der Waals surface area contributed by atoms with Gasteiger partial charge in [0.2, 0.25) is 0 Å². The summed E-state index contributed by atoms with van der Waals surface area (Å²) in [6.45, 7) is 0. The van der Waals surface area contributed by atoms with E-state index in [0.717, 1.165) is 26.8 Å². The molecular weight excluding hydrogens is 308 g/mol. The molecule has 0 aliphatic heterocycles. The zero-order valence-electron chi connectivity index (χ0n) is 10.6. The molecule has 0 saturated heterocycles. The van der Waals surface area contributed by atoms with E-state index < -0.39 is 0 Å². The number of halogens is 1. The third-order valence-corrected chi connectivity index (χ3v) is 3.78. The molecule has 1 unspecified atom stereocenters. The van der Waals surface area contributed by atoms with Gasteiger partial charge < -0.3 is 9.73 Å². The Kier molecular flexibility index (Phi) is 3.12. The zero-order chi connectivity index (χ0) is 13.4. The largest absolute Gasteiger partial charge is 0.464 e. The van der Waals surface area contributed by atoms with Crippen LogP contribution in [0.5, 0.6) is 0 Å². The molecule has 1 N–H and O–H groups in total. The molecule has 2 heterocycles. The number of aryl methyl sites for hydroxylation is 1. The van der Waals surface area contributed by atoms with Crippen LogP contribution in [0.1, 0.15) is 17.3 Å². The Morgan fingerprint density at radius 3 is 2.84 bits per heavy atom. The van der Waals surface area contributed by atoms with E-state index in [4.69, 9.17) is 4.42 Å². The lowest BCUT2D eigenvalue weighted by Crippen LogP contribution is -2.20. The molecule has 6 heteroatoms. The molecule has 19 heavy (non-hydrogen) atoms. The van der Waals surface area contributed by atoms with E-state index in [0.29, 0.717) is 0 Å². The summed E-state index contributed by atoms with van der Waals surface area (Å²) in [5.41, 5.74) is 2.92. The number of rotatable bonds is 3. The molecule has 0 aliphatic carbocycles. The summed E-state index contributed by atoms with van der Waals surface area (Å²) in [5.74, 6) is 0. The molecule has 0 spiro atoms. The topological polar surface area (TPSA) is 55.9 Å². The van der Waals surface area contributed by atoms with Crippen LogP contribution in [0.4, 0.5) is 0 Å². The highest BCUT2D eigenvalue weighted by Crippen LogP contribution is 2.32.